The molecule has 0 unspecified atom stereocenters. The first kappa shape index (κ1) is 24.3. The number of unbranched alkanes of at least 4 members (excludes halogenated alkanes) is 1. The lowest BCUT2D eigenvalue weighted by molar-refractivity contribution is -0.105. The van der Waals surface area contributed by atoms with Gasteiger partial charge in [-0.1, -0.05) is 31.5 Å². The largest absolute Gasteiger partial charge is 0.506 e. The van der Waals surface area contributed by atoms with E-state index in [0.717, 1.165) is 12.8 Å². The maximum atomic E-state index is 12.8. The van der Waals surface area contributed by atoms with Crippen molar-refractivity contribution in [2.45, 2.75) is 26.7 Å². The summed E-state index contributed by atoms with van der Waals surface area (Å²) in [5, 5.41) is 25.5. The number of nitrogens with one attached hydrogen (secondary N) is 2. The van der Waals surface area contributed by atoms with Gasteiger partial charge in [0.2, 0.25) is 6.41 Å². The first-order chi connectivity index (χ1) is 16.3. The van der Waals surface area contributed by atoms with Crippen molar-refractivity contribution in [1.82, 2.24) is 0 Å². The fourth-order valence-electron chi connectivity index (χ4n) is 3.28. The molecule has 0 heterocycles. The second-order valence-electron chi connectivity index (χ2n) is 7.70. The zero-order chi connectivity index (χ0) is 24.7. The molecule has 0 aliphatic heterocycles. The maximum Gasteiger partial charge on any atom is 0.338 e. The Bertz CT molecular complexity index is 1220. The van der Waals surface area contributed by atoms with Crippen LogP contribution in [-0.4, -0.2) is 35.1 Å². The highest BCUT2D eigenvalue weighted by molar-refractivity contribution is 6.06. The molecule has 2 amide bonds. The quantitative estimate of drug-likeness (QED) is 0.156. The summed E-state index contributed by atoms with van der Waals surface area (Å²) < 4.78 is 5.26. The predicted molar refractivity (Wildman–Crippen MR) is 129 cm³/mol. The summed E-state index contributed by atoms with van der Waals surface area (Å²) in [6.45, 7) is 4.08. The van der Waals surface area contributed by atoms with E-state index in [2.05, 4.69) is 10.6 Å². The topological polar surface area (TPSA) is 125 Å². The minimum absolute atomic E-state index is 0.120. The van der Waals surface area contributed by atoms with Gasteiger partial charge >= 0.3 is 5.97 Å². The molecule has 0 aliphatic carbocycles. The normalized spacial score (nSPS) is 10.4. The lowest BCUT2D eigenvalue weighted by Crippen LogP contribution is -2.14. The van der Waals surface area contributed by atoms with Crippen molar-refractivity contribution in [3.05, 3.63) is 71.3 Å². The van der Waals surface area contributed by atoms with Crippen molar-refractivity contribution >= 4 is 29.7 Å². The lowest BCUT2D eigenvalue weighted by atomic mass is 10.0. The van der Waals surface area contributed by atoms with Crippen molar-refractivity contribution in [3.8, 4) is 22.6 Å². The third-order valence-corrected chi connectivity index (χ3v) is 5.24. The molecule has 0 saturated carbocycles. The fraction of sp³-hybridized carbons (Fsp3) is 0.192. The van der Waals surface area contributed by atoms with Crippen molar-refractivity contribution < 1.29 is 29.3 Å². The maximum absolute atomic E-state index is 12.8. The Hall–Kier alpha value is -4.33. The lowest BCUT2D eigenvalue weighted by Gasteiger charge is -2.12. The number of hydrogen-bond donors (Lipinski definition) is 4. The highest BCUT2D eigenvalue weighted by Gasteiger charge is 2.16. The molecule has 0 saturated heterocycles. The molecule has 3 rings (SSSR count). The van der Waals surface area contributed by atoms with Crippen molar-refractivity contribution in [2.24, 2.45) is 0 Å². The molecular formula is C26H26N2O6. The summed E-state index contributed by atoms with van der Waals surface area (Å²) in [4.78, 5) is 35.7. The van der Waals surface area contributed by atoms with E-state index in [9.17, 15) is 24.6 Å². The molecule has 0 fully saturated rings. The van der Waals surface area contributed by atoms with Crippen LogP contribution >= 0.6 is 0 Å². The molecule has 34 heavy (non-hydrogen) atoms. The summed E-state index contributed by atoms with van der Waals surface area (Å²) in [7, 11) is 0. The van der Waals surface area contributed by atoms with Gasteiger partial charge in [0.05, 0.1) is 23.5 Å². The molecule has 0 atom stereocenters. The molecule has 4 N–H and O–H groups in total. The monoisotopic (exact) mass is 462 g/mol. The van der Waals surface area contributed by atoms with Gasteiger partial charge < -0.3 is 25.6 Å². The minimum Gasteiger partial charge on any atom is -0.506 e. The third-order valence-electron chi connectivity index (χ3n) is 5.24. The van der Waals surface area contributed by atoms with Crippen LogP contribution in [0.25, 0.3) is 11.1 Å². The Balaban J connectivity index is 1.77. The zero-order valence-corrected chi connectivity index (χ0v) is 18.9. The van der Waals surface area contributed by atoms with Crippen LogP contribution in [0, 0.1) is 6.92 Å². The van der Waals surface area contributed by atoms with Gasteiger partial charge in [-0.2, -0.15) is 0 Å². The summed E-state index contributed by atoms with van der Waals surface area (Å²) in [5.41, 5.74) is 2.91. The number of anilines is 2. The Kier molecular flexibility index (Phi) is 7.87. The number of benzene rings is 3. The molecule has 3 aromatic carbocycles. The van der Waals surface area contributed by atoms with Crippen LogP contribution in [-0.2, 0) is 9.53 Å². The molecule has 0 bridgehead atoms. The van der Waals surface area contributed by atoms with Gasteiger partial charge in [-0.3, -0.25) is 9.59 Å². The van der Waals surface area contributed by atoms with Crippen molar-refractivity contribution in [1.29, 1.82) is 0 Å². The van der Waals surface area contributed by atoms with Gasteiger partial charge in [0, 0.05) is 5.56 Å². The second kappa shape index (κ2) is 11.0. The number of carbonyl (C=O) groups is 3. The summed E-state index contributed by atoms with van der Waals surface area (Å²) >= 11 is 0. The summed E-state index contributed by atoms with van der Waals surface area (Å²) in [5.74, 6) is -1.27. The number of hydrogen-bond acceptors (Lipinski definition) is 6. The molecular weight excluding hydrogens is 436 g/mol. The highest BCUT2D eigenvalue weighted by Crippen LogP contribution is 2.34. The van der Waals surface area contributed by atoms with E-state index in [4.69, 9.17) is 4.74 Å². The first-order valence-corrected chi connectivity index (χ1v) is 10.8. The van der Waals surface area contributed by atoms with Crippen LogP contribution in [0.1, 0.15) is 46.0 Å². The molecule has 0 spiro atoms. The molecule has 0 aromatic heterocycles. The van der Waals surface area contributed by atoms with Gasteiger partial charge in [-0.05, 0) is 66.4 Å². The van der Waals surface area contributed by atoms with E-state index >= 15 is 0 Å². The number of ether oxygens (including phenoxy) is 1. The van der Waals surface area contributed by atoms with Gasteiger partial charge in [0.25, 0.3) is 5.91 Å². The SMILES string of the molecule is CCCCOC(=O)c1cc(C(=O)Nc2ccc(-c3ccc(NC=O)c(O)c3)cc2O)ccc1C. The van der Waals surface area contributed by atoms with Crippen molar-refractivity contribution in [2.75, 3.05) is 17.2 Å². The van der Waals surface area contributed by atoms with Gasteiger partial charge in [-0.15, -0.1) is 0 Å². The molecule has 8 heteroatoms. The first-order valence-electron chi connectivity index (χ1n) is 10.8. The number of amides is 2. The van der Waals surface area contributed by atoms with E-state index in [1.807, 2.05) is 6.92 Å². The van der Waals surface area contributed by atoms with Gasteiger partial charge in [-0.25, -0.2) is 4.79 Å². The number of aromatic hydroxyl groups is 2. The smallest absolute Gasteiger partial charge is 0.338 e. The van der Waals surface area contributed by atoms with E-state index < -0.39 is 11.9 Å². The number of esters is 1. The van der Waals surface area contributed by atoms with Crippen LogP contribution in [0.5, 0.6) is 11.5 Å². The van der Waals surface area contributed by atoms with Crippen LogP contribution in [0.4, 0.5) is 11.4 Å². The Morgan fingerprint density at radius 1 is 0.941 bits per heavy atom. The summed E-state index contributed by atoms with van der Waals surface area (Å²) in [6, 6.07) is 14.0. The second-order valence-corrected chi connectivity index (χ2v) is 7.70. The number of rotatable bonds is 9. The number of phenols is 2. The van der Waals surface area contributed by atoms with E-state index in [1.54, 1.807) is 31.2 Å². The van der Waals surface area contributed by atoms with Gasteiger partial charge in [0.1, 0.15) is 11.5 Å². The van der Waals surface area contributed by atoms with Crippen LogP contribution in [0.15, 0.2) is 54.6 Å². The third kappa shape index (κ3) is 5.72. The standard InChI is InChI=1S/C26H26N2O6/c1-3-4-11-34-26(33)20-12-19(6-5-16(20)2)25(32)28-22-10-8-18(14-24(22)31)17-7-9-21(27-15-29)23(30)13-17/h5-10,12-15,30-31H,3-4,11H2,1-2H3,(H,27,29)(H,28,32). The Labute approximate surface area is 197 Å². The van der Waals surface area contributed by atoms with Crippen LogP contribution in [0.2, 0.25) is 0 Å². The van der Waals surface area contributed by atoms with Crippen LogP contribution in [0.3, 0.4) is 0 Å². The average molecular weight is 463 g/mol. The Morgan fingerprint density at radius 2 is 1.59 bits per heavy atom. The van der Waals surface area contributed by atoms with E-state index in [0.29, 0.717) is 35.3 Å². The van der Waals surface area contributed by atoms with E-state index in [-0.39, 0.29) is 28.4 Å². The van der Waals surface area contributed by atoms with Crippen LogP contribution < -0.4 is 10.6 Å². The molecule has 3 aromatic rings. The molecule has 0 aliphatic rings. The van der Waals surface area contributed by atoms with Gasteiger partial charge in [0.15, 0.2) is 0 Å². The minimum atomic E-state index is -0.493. The van der Waals surface area contributed by atoms with Crippen molar-refractivity contribution in [3.63, 3.8) is 0 Å². The number of phenolic OH excluding ortho intramolecular Hbond substituents is 2. The molecule has 0 radical (unpaired) electrons. The van der Waals surface area contributed by atoms with E-state index in [1.165, 1.54) is 30.3 Å². The predicted octanol–water partition coefficient (Wildman–Crippen LogP) is 4.85. The number of carbonyl (C=O) groups excluding carboxylic acids is 3. The highest BCUT2D eigenvalue weighted by atomic mass is 16.5. The zero-order valence-electron chi connectivity index (χ0n) is 18.9. The summed E-state index contributed by atoms with van der Waals surface area (Å²) in [6.07, 6.45) is 2.13. The molecule has 176 valence electrons. The fourth-order valence-corrected chi connectivity index (χ4v) is 3.28. The number of aryl methyl sites for hydroxylation is 1. The average Bonchev–Trinajstić information content (AvgIpc) is 2.82. The molecule has 8 nitrogen and oxygen atoms in total. The Morgan fingerprint density at radius 3 is 2.18 bits per heavy atom.